The number of hydrogen-bond acceptors (Lipinski definition) is 4. The van der Waals surface area contributed by atoms with Gasteiger partial charge in [0.15, 0.2) is 11.5 Å². The molecule has 0 radical (unpaired) electrons. The smallest absolute Gasteiger partial charge is 0.175 e. The summed E-state index contributed by atoms with van der Waals surface area (Å²) in [7, 11) is 1.58. The average Bonchev–Trinajstić information content (AvgIpc) is 2.54. The van der Waals surface area contributed by atoms with Crippen LogP contribution in [0.25, 0.3) is 0 Å². The summed E-state index contributed by atoms with van der Waals surface area (Å²) in [6.45, 7) is 3.17. The van der Waals surface area contributed by atoms with Crippen molar-refractivity contribution in [1.29, 1.82) is 0 Å². The molecule has 7 heteroatoms. The minimum absolute atomic E-state index is 0. The summed E-state index contributed by atoms with van der Waals surface area (Å²) in [6, 6.07) is 10.0. The standard InChI is InChI=1S/C18H21BrFNO3.ClH/c1-12(22)9-21-10-14-7-16(19)18(17(8-14)23-2)24-11-13-3-5-15(20)6-4-13;/h3-8,12,21-22H,9-11H2,1-2H3;1H. The predicted octanol–water partition coefficient (Wildman–Crippen LogP) is 4.07. The zero-order valence-corrected chi connectivity index (χ0v) is 16.5. The maximum Gasteiger partial charge on any atom is 0.175 e. The highest BCUT2D eigenvalue weighted by atomic mass is 79.9. The zero-order chi connectivity index (χ0) is 17.5. The molecule has 0 aliphatic rings. The summed E-state index contributed by atoms with van der Waals surface area (Å²) in [4.78, 5) is 0. The van der Waals surface area contributed by atoms with Crippen LogP contribution in [-0.2, 0) is 13.2 Å². The van der Waals surface area contributed by atoms with Crippen molar-refractivity contribution in [3.05, 3.63) is 57.8 Å². The van der Waals surface area contributed by atoms with Crippen LogP contribution < -0.4 is 14.8 Å². The maximum atomic E-state index is 12.9. The van der Waals surface area contributed by atoms with Crippen LogP contribution in [0.5, 0.6) is 11.5 Å². The van der Waals surface area contributed by atoms with Gasteiger partial charge in [-0.3, -0.25) is 0 Å². The van der Waals surface area contributed by atoms with Crippen molar-refractivity contribution in [2.45, 2.75) is 26.2 Å². The van der Waals surface area contributed by atoms with E-state index in [2.05, 4.69) is 21.2 Å². The number of benzene rings is 2. The van der Waals surface area contributed by atoms with Crippen LogP contribution in [0.3, 0.4) is 0 Å². The Bertz CT molecular complexity index is 668. The lowest BCUT2D eigenvalue weighted by molar-refractivity contribution is 0.191. The molecule has 1 unspecified atom stereocenters. The number of nitrogens with one attached hydrogen (secondary N) is 1. The van der Waals surface area contributed by atoms with E-state index in [1.807, 2.05) is 12.1 Å². The molecule has 1 atom stereocenters. The van der Waals surface area contributed by atoms with Crippen LogP contribution in [0.2, 0.25) is 0 Å². The first-order valence-electron chi connectivity index (χ1n) is 7.62. The fraction of sp³-hybridized carbons (Fsp3) is 0.333. The molecule has 0 fully saturated rings. The van der Waals surface area contributed by atoms with Crippen molar-refractivity contribution in [1.82, 2.24) is 5.32 Å². The van der Waals surface area contributed by atoms with E-state index in [4.69, 9.17) is 9.47 Å². The first-order valence-corrected chi connectivity index (χ1v) is 8.41. The molecule has 0 saturated heterocycles. The van der Waals surface area contributed by atoms with Gasteiger partial charge in [-0.15, -0.1) is 12.4 Å². The van der Waals surface area contributed by atoms with Crippen molar-refractivity contribution in [3.63, 3.8) is 0 Å². The normalized spacial score (nSPS) is 11.6. The molecule has 25 heavy (non-hydrogen) atoms. The Balaban J connectivity index is 0.00000312. The number of ether oxygens (including phenoxy) is 2. The van der Waals surface area contributed by atoms with Crippen molar-refractivity contribution >= 4 is 28.3 Å². The summed E-state index contributed by atoms with van der Waals surface area (Å²) < 4.78 is 25.0. The maximum absolute atomic E-state index is 12.9. The van der Waals surface area contributed by atoms with Crippen LogP contribution in [0, 0.1) is 5.82 Å². The molecule has 0 amide bonds. The van der Waals surface area contributed by atoms with E-state index >= 15 is 0 Å². The summed E-state index contributed by atoms with van der Waals surface area (Å²) in [6.07, 6.45) is -0.395. The van der Waals surface area contributed by atoms with Gasteiger partial charge in [-0.1, -0.05) is 12.1 Å². The molecule has 0 aromatic heterocycles. The van der Waals surface area contributed by atoms with Crippen LogP contribution in [0.4, 0.5) is 4.39 Å². The van der Waals surface area contributed by atoms with Gasteiger partial charge >= 0.3 is 0 Å². The highest BCUT2D eigenvalue weighted by Crippen LogP contribution is 2.37. The topological polar surface area (TPSA) is 50.7 Å². The zero-order valence-electron chi connectivity index (χ0n) is 14.1. The third-order valence-corrected chi connectivity index (χ3v) is 3.94. The molecule has 4 nitrogen and oxygen atoms in total. The summed E-state index contributed by atoms with van der Waals surface area (Å²) in [5, 5.41) is 12.4. The Hall–Kier alpha value is -1.34. The number of hydrogen-bond donors (Lipinski definition) is 2. The fourth-order valence-corrected chi connectivity index (χ4v) is 2.78. The van der Waals surface area contributed by atoms with Gasteiger partial charge in [0.1, 0.15) is 12.4 Å². The number of halogens is 3. The lowest BCUT2D eigenvalue weighted by atomic mass is 10.2. The van der Waals surface area contributed by atoms with E-state index in [0.29, 0.717) is 31.2 Å². The second kappa shape index (κ2) is 10.6. The SMILES string of the molecule is COc1cc(CNCC(C)O)cc(Br)c1OCc1ccc(F)cc1.Cl. The number of rotatable bonds is 8. The van der Waals surface area contributed by atoms with E-state index in [-0.39, 0.29) is 18.2 Å². The first-order chi connectivity index (χ1) is 11.5. The van der Waals surface area contributed by atoms with Gasteiger partial charge in [0.2, 0.25) is 0 Å². The number of aliphatic hydroxyl groups excluding tert-OH is 1. The highest BCUT2D eigenvalue weighted by molar-refractivity contribution is 9.10. The molecule has 2 N–H and O–H groups in total. The molecular formula is C18H22BrClFNO3. The number of methoxy groups -OCH3 is 1. The highest BCUT2D eigenvalue weighted by Gasteiger charge is 2.12. The summed E-state index contributed by atoms with van der Waals surface area (Å²) in [5.41, 5.74) is 1.88. The lowest BCUT2D eigenvalue weighted by Crippen LogP contribution is -2.23. The minimum Gasteiger partial charge on any atom is -0.493 e. The molecule has 2 aromatic carbocycles. The Labute approximate surface area is 161 Å². The molecule has 2 aromatic rings. The molecule has 2 rings (SSSR count). The van der Waals surface area contributed by atoms with Gasteiger partial charge in [-0.25, -0.2) is 4.39 Å². The van der Waals surface area contributed by atoms with Crippen molar-refractivity contribution in [3.8, 4) is 11.5 Å². The molecule has 0 saturated carbocycles. The summed E-state index contributed by atoms with van der Waals surface area (Å²) >= 11 is 3.50. The van der Waals surface area contributed by atoms with E-state index in [1.165, 1.54) is 12.1 Å². The van der Waals surface area contributed by atoms with E-state index in [9.17, 15) is 9.50 Å². The van der Waals surface area contributed by atoms with Crippen molar-refractivity contribution in [2.24, 2.45) is 0 Å². The van der Waals surface area contributed by atoms with Crippen LogP contribution in [0.1, 0.15) is 18.1 Å². The van der Waals surface area contributed by atoms with Crippen molar-refractivity contribution in [2.75, 3.05) is 13.7 Å². The van der Waals surface area contributed by atoms with Crippen LogP contribution in [0.15, 0.2) is 40.9 Å². The van der Waals surface area contributed by atoms with Crippen LogP contribution in [-0.4, -0.2) is 24.9 Å². The minimum atomic E-state index is -0.395. The van der Waals surface area contributed by atoms with Gasteiger partial charge in [-0.2, -0.15) is 0 Å². The molecule has 0 bridgehead atoms. The van der Waals surface area contributed by atoms with Gasteiger partial charge in [0.05, 0.1) is 17.7 Å². The van der Waals surface area contributed by atoms with Gasteiger partial charge < -0.3 is 19.9 Å². The molecule has 0 spiro atoms. The molecule has 0 aliphatic carbocycles. The largest absolute Gasteiger partial charge is 0.493 e. The molecule has 0 heterocycles. The molecule has 0 aliphatic heterocycles. The molecular weight excluding hydrogens is 413 g/mol. The summed E-state index contributed by atoms with van der Waals surface area (Å²) in [5.74, 6) is 0.938. The average molecular weight is 435 g/mol. The fourth-order valence-electron chi connectivity index (χ4n) is 2.18. The van der Waals surface area contributed by atoms with E-state index < -0.39 is 6.10 Å². The van der Waals surface area contributed by atoms with Gasteiger partial charge in [-0.05, 0) is 58.2 Å². The van der Waals surface area contributed by atoms with Gasteiger partial charge in [0, 0.05) is 13.1 Å². The van der Waals surface area contributed by atoms with E-state index in [1.54, 1.807) is 26.2 Å². The van der Waals surface area contributed by atoms with Gasteiger partial charge in [0.25, 0.3) is 0 Å². The third kappa shape index (κ3) is 6.82. The quantitative estimate of drug-likeness (QED) is 0.658. The Kier molecular flexibility index (Phi) is 9.21. The van der Waals surface area contributed by atoms with Crippen LogP contribution >= 0.6 is 28.3 Å². The molecule has 138 valence electrons. The third-order valence-electron chi connectivity index (χ3n) is 3.35. The Morgan fingerprint density at radius 1 is 1.20 bits per heavy atom. The van der Waals surface area contributed by atoms with E-state index in [0.717, 1.165) is 15.6 Å². The van der Waals surface area contributed by atoms with Crippen molar-refractivity contribution < 1.29 is 19.0 Å². The number of aliphatic hydroxyl groups is 1. The Morgan fingerprint density at radius 3 is 2.48 bits per heavy atom. The first kappa shape index (κ1) is 21.7. The Morgan fingerprint density at radius 2 is 1.88 bits per heavy atom. The predicted molar refractivity (Wildman–Crippen MR) is 102 cm³/mol. The lowest BCUT2D eigenvalue weighted by Gasteiger charge is -2.15. The monoisotopic (exact) mass is 433 g/mol. The second-order valence-corrected chi connectivity index (χ2v) is 6.36. The second-order valence-electron chi connectivity index (χ2n) is 5.50.